The van der Waals surface area contributed by atoms with Crippen molar-refractivity contribution >= 4 is 11.9 Å². The fourth-order valence-electron chi connectivity index (χ4n) is 13.4. The van der Waals surface area contributed by atoms with Gasteiger partial charge in [0.05, 0.1) is 37.6 Å². The molecule has 554 valence electrons. The van der Waals surface area contributed by atoms with Crippen molar-refractivity contribution in [2.45, 2.75) is 387 Å². The van der Waals surface area contributed by atoms with Crippen LogP contribution in [0.15, 0.2) is 84.9 Å². The number of rotatable bonds is 69. The molecule has 0 bridgehead atoms. The van der Waals surface area contributed by atoms with Crippen LogP contribution in [0.5, 0.6) is 34.5 Å². The molecular formula is C90H146O8. The Kier molecular flexibility index (Phi) is 53.9. The normalized spacial score (nSPS) is 11.3. The summed E-state index contributed by atoms with van der Waals surface area (Å²) in [7, 11) is 0. The van der Waals surface area contributed by atoms with Crippen LogP contribution in [0.1, 0.15) is 408 Å². The van der Waals surface area contributed by atoms with Gasteiger partial charge in [-0.3, -0.25) is 0 Å². The van der Waals surface area contributed by atoms with Crippen LogP contribution in [0, 0.1) is 0 Å². The van der Waals surface area contributed by atoms with Crippen molar-refractivity contribution < 1.29 is 38.0 Å². The molecule has 0 aliphatic rings. The summed E-state index contributed by atoms with van der Waals surface area (Å²) >= 11 is 0. The lowest BCUT2D eigenvalue weighted by Crippen LogP contribution is -2.10. The smallest absolute Gasteiger partial charge is 0.343 e. The van der Waals surface area contributed by atoms with Gasteiger partial charge in [0.2, 0.25) is 0 Å². The molecule has 0 saturated carbocycles. The highest BCUT2D eigenvalue weighted by Gasteiger charge is 2.17. The topological polar surface area (TPSA) is 89.5 Å². The van der Waals surface area contributed by atoms with Crippen LogP contribution >= 0.6 is 0 Å². The molecule has 0 N–H and O–H groups in total. The minimum absolute atomic E-state index is 0.400. The molecule has 98 heavy (non-hydrogen) atoms. The number of esters is 2. The standard InChI is InChI=1S/C90H146O8/c1-5-9-13-17-21-25-29-33-37-41-45-49-53-57-69-93-85-73-81(74-86(77-85)94-70-58-54-50-46-42-38-34-30-26-22-18-14-10-6-2)89(91)97-83-65-61-79(62-66-83)80-63-67-84(68-64-80)98-90(92)82-75-87(95-71-59-55-51-47-43-39-35-31-27-23-19-15-11-7-3)78-88(76-82)96-72-60-56-52-48-44-40-36-32-28-24-20-16-12-8-4/h61-68,73-78H,5-60,69-72H2,1-4H3. The molecule has 4 aromatic rings. The summed E-state index contributed by atoms with van der Waals surface area (Å²) < 4.78 is 37.2. The maximum absolute atomic E-state index is 13.9. The predicted molar refractivity (Wildman–Crippen MR) is 418 cm³/mol. The van der Waals surface area contributed by atoms with E-state index in [9.17, 15) is 9.59 Å². The zero-order valence-corrected chi connectivity index (χ0v) is 63.8. The molecule has 0 aliphatic heterocycles. The molecule has 4 aromatic carbocycles. The second-order valence-electron chi connectivity index (χ2n) is 29.0. The van der Waals surface area contributed by atoms with Crippen LogP contribution in [0.3, 0.4) is 0 Å². The van der Waals surface area contributed by atoms with Gasteiger partial charge >= 0.3 is 11.9 Å². The third kappa shape index (κ3) is 45.7. The number of ether oxygens (including phenoxy) is 6. The number of carbonyl (C=O) groups excluding carboxylic acids is 2. The van der Waals surface area contributed by atoms with E-state index in [1.54, 1.807) is 24.3 Å². The van der Waals surface area contributed by atoms with Gasteiger partial charge in [-0.2, -0.15) is 0 Å². The molecule has 0 fully saturated rings. The Morgan fingerprint density at radius 1 is 0.204 bits per heavy atom. The van der Waals surface area contributed by atoms with Crippen LogP contribution in [0.25, 0.3) is 11.1 Å². The summed E-state index contributed by atoms with van der Waals surface area (Å²) in [4.78, 5) is 27.8. The molecule has 8 nitrogen and oxygen atoms in total. The van der Waals surface area contributed by atoms with Gasteiger partial charge in [0.25, 0.3) is 0 Å². The van der Waals surface area contributed by atoms with Crippen molar-refractivity contribution in [3.05, 3.63) is 96.1 Å². The first-order valence-corrected chi connectivity index (χ1v) is 41.9. The van der Waals surface area contributed by atoms with Crippen LogP contribution < -0.4 is 28.4 Å². The fraction of sp³-hybridized carbons (Fsp3) is 0.711. The predicted octanol–water partition coefficient (Wildman–Crippen LogP) is 29.2. The van der Waals surface area contributed by atoms with Gasteiger partial charge in [0, 0.05) is 12.1 Å². The van der Waals surface area contributed by atoms with Gasteiger partial charge in [-0.15, -0.1) is 0 Å². The first-order valence-electron chi connectivity index (χ1n) is 41.9. The van der Waals surface area contributed by atoms with Crippen molar-refractivity contribution in [2.24, 2.45) is 0 Å². The van der Waals surface area contributed by atoms with Crippen molar-refractivity contribution in [2.75, 3.05) is 26.4 Å². The van der Waals surface area contributed by atoms with Crippen LogP contribution in [0.4, 0.5) is 0 Å². The first-order chi connectivity index (χ1) is 48.4. The monoisotopic (exact) mass is 1360 g/mol. The van der Waals surface area contributed by atoms with Gasteiger partial charge in [-0.1, -0.05) is 386 Å². The number of unbranched alkanes of at least 4 members (excludes halogenated alkanes) is 52. The maximum Gasteiger partial charge on any atom is 0.343 e. The number of carbonyl (C=O) groups is 2. The molecule has 0 radical (unpaired) electrons. The van der Waals surface area contributed by atoms with Crippen LogP contribution in [0.2, 0.25) is 0 Å². The Labute approximate surface area is 602 Å². The largest absolute Gasteiger partial charge is 0.493 e. The van der Waals surface area contributed by atoms with Gasteiger partial charge in [0.1, 0.15) is 34.5 Å². The lowest BCUT2D eigenvalue weighted by Gasteiger charge is -2.13. The number of hydrogen-bond acceptors (Lipinski definition) is 8. The molecule has 0 aromatic heterocycles. The number of hydrogen-bond donors (Lipinski definition) is 0. The van der Waals surface area contributed by atoms with E-state index in [1.807, 2.05) is 60.7 Å². The van der Waals surface area contributed by atoms with E-state index in [2.05, 4.69) is 27.7 Å². The van der Waals surface area contributed by atoms with Crippen molar-refractivity contribution in [3.63, 3.8) is 0 Å². The van der Waals surface area contributed by atoms with Gasteiger partial charge in [0.15, 0.2) is 0 Å². The fourth-order valence-corrected chi connectivity index (χ4v) is 13.4. The molecular weight excluding hydrogens is 1210 g/mol. The minimum Gasteiger partial charge on any atom is -0.493 e. The Morgan fingerprint density at radius 3 is 0.541 bits per heavy atom. The molecule has 8 heteroatoms. The van der Waals surface area contributed by atoms with Gasteiger partial charge in [-0.05, 0) is 85.3 Å². The van der Waals surface area contributed by atoms with Crippen LogP contribution in [-0.2, 0) is 0 Å². The first kappa shape index (κ1) is 85.4. The van der Waals surface area contributed by atoms with Gasteiger partial charge < -0.3 is 28.4 Å². The molecule has 0 saturated heterocycles. The Hall–Kier alpha value is -4.98. The zero-order valence-electron chi connectivity index (χ0n) is 63.8. The van der Waals surface area contributed by atoms with E-state index in [1.165, 1.54) is 308 Å². The Morgan fingerprint density at radius 2 is 0.367 bits per heavy atom. The average Bonchev–Trinajstić information content (AvgIpc) is 0.937. The molecule has 0 unspecified atom stereocenters. The summed E-state index contributed by atoms with van der Waals surface area (Å²) in [5.41, 5.74) is 2.67. The Bertz CT molecular complexity index is 2190. The molecule has 0 spiro atoms. The summed E-state index contributed by atoms with van der Waals surface area (Å²) in [6, 6.07) is 26.0. The maximum atomic E-state index is 13.9. The van der Waals surface area contributed by atoms with E-state index < -0.39 is 11.9 Å². The Balaban J connectivity index is 1.27. The third-order valence-electron chi connectivity index (χ3n) is 19.8. The summed E-state index contributed by atoms with van der Waals surface area (Å²) in [6.45, 7) is 11.5. The minimum atomic E-state index is -0.460. The molecule has 4 rings (SSSR count). The molecule has 0 aliphatic carbocycles. The molecule has 0 heterocycles. The summed E-state index contributed by atoms with van der Waals surface area (Å²) in [5, 5.41) is 0. The molecule has 0 amide bonds. The average molecular weight is 1360 g/mol. The highest BCUT2D eigenvalue weighted by atomic mass is 16.5. The van der Waals surface area contributed by atoms with E-state index in [0.29, 0.717) is 72.1 Å². The van der Waals surface area contributed by atoms with Crippen LogP contribution in [-0.4, -0.2) is 38.4 Å². The highest BCUT2D eigenvalue weighted by Crippen LogP contribution is 2.31. The number of benzene rings is 4. The summed E-state index contributed by atoms with van der Waals surface area (Å²) in [5.74, 6) is 2.49. The second-order valence-corrected chi connectivity index (χ2v) is 29.0. The van der Waals surface area contributed by atoms with Gasteiger partial charge in [-0.25, -0.2) is 9.59 Å². The highest BCUT2D eigenvalue weighted by molar-refractivity contribution is 5.93. The van der Waals surface area contributed by atoms with E-state index in [4.69, 9.17) is 28.4 Å². The SMILES string of the molecule is CCCCCCCCCCCCCCCCOc1cc(OCCCCCCCCCCCCCCCC)cc(C(=O)Oc2ccc(-c3ccc(OC(=O)c4cc(OCCCCCCCCCCCCCCCC)cc(OCCCCCCCCCCCCCCCC)c4)cc3)cc2)c1. The zero-order chi connectivity index (χ0) is 69.5. The van der Waals surface area contributed by atoms with Crippen molar-refractivity contribution in [1.29, 1.82) is 0 Å². The second kappa shape index (κ2) is 61.9. The van der Waals surface area contributed by atoms with E-state index in [-0.39, 0.29) is 0 Å². The lowest BCUT2D eigenvalue weighted by atomic mass is 10.0. The van der Waals surface area contributed by atoms with E-state index >= 15 is 0 Å². The third-order valence-corrected chi connectivity index (χ3v) is 19.8. The summed E-state index contributed by atoms with van der Waals surface area (Å²) in [6.07, 6.45) is 73.3. The lowest BCUT2D eigenvalue weighted by molar-refractivity contribution is 0.0724. The van der Waals surface area contributed by atoms with Crippen molar-refractivity contribution in [3.8, 4) is 45.6 Å². The molecule has 0 atom stereocenters. The van der Waals surface area contributed by atoms with Crippen molar-refractivity contribution in [1.82, 2.24) is 0 Å². The quantitative estimate of drug-likeness (QED) is 0.0245. The van der Waals surface area contributed by atoms with E-state index in [0.717, 1.165) is 62.5 Å².